The molecule has 0 spiro atoms. The number of benzene rings is 2. The molecule has 0 aromatic heterocycles. The minimum atomic E-state index is 0. The van der Waals surface area contributed by atoms with Crippen LogP contribution in [0.15, 0.2) is 60.7 Å². The zero-order chi connectivity index (χ0) is 23.4. The van der Waals surface area contributed by atoms with Crippen molar-refractivity contribution in [1.29, 1.82) is 0 Å². The fraction of sp³-hybridized carbons (Fsp3) is 0.433. The van der Waals surface area contributed by atoms with Gasteiger partial charge in [0.25, 0.3) is 0 Å². The molecule has 0 N–H and O–H groups in total. The SMILES string of the molecule is CC(C)(C)c1ccc2[cH-]c3ccc(C(C)(C)C)cc3c2c1.[C-]1=CC=CC1.[Cl-].[Cl-].[Zr+2]=[Si]1CCCC1. The van der Waals surface area contributed by atoms with Gasteiger partial charge in [-0.25, -0.2) is 12.2 Å². The number of fused-ring (bicyclic) bond motifs is 3. The van der Waals surface area contributed by atoms with Crippen LogP contribution in [0.1, 0.15) is 71.9 Å². The molecule has 1 heterocycles. The van der Waals surface area contributed by atoms with E-state index in [0.29, 0.717) is 5.43 Å². The first-order valence-corrected chi connectivity index (χ1v) is 17.6. The van der Waals surface area contributed by atoms with Gasteiger partial charge in [0.2, 0.25) is 0 Å². The van der Waals surface area contributed by atoms with Crippen molar-refractivity contribution in [3.8, 4) is 0 Å². The molecule has 3 aromatic carbocycles. The van der Waals surface area contributed by atoms with E-state index in [1.807, 2.05) is 35.5 Å². The molecule has 0 amide bonds. The summed E-state index contributed by atoms with van der Waals surface area (Å²) in [5.74, 6) is 0. The Kier molecular flexibility index (Phi) is 12.7. The zero-order valence-corrected chi connectivity index (χ0v) is 26.5. The van der Waals surface area contributed by atoms with Crippen molar-refractivity contribution < 1.29 is 48.1 Å². The first-order chi connectivity index (χ1) is 15.1. The first kappa shape index (κ1) is 31.5. The Bertz CT molecular complexity index is 1050. The molecule has 4 heteroatoms. The van der Waals surface area contributed by atoms with E-state index in [2.05, 4.69) is 96.2 Å². The number of allylic oxidation sites excluding steroid dienone is 4. The van der Waals surface area contributed by atoms with E-state index in [-0.39, 0.29) is 35.6 Å². The van der Waals surface area contributed by atoms with Crippen LogP contribution in [-0.2, 0) is 34.2 Å². The van der Waals surface area contributed by atoms with Crippen LogP contribution in [-0.4, -0.2) is 5.43 Å². The average molecular weight is 589 g/mol. The monoisotopic (exact) mass is 586 g/mol. The Labute approximate surface area is 235 Å². The number of halogens is 2. The Balaban J connectivity index is 0.000000367. The van der Waals surface area contributed by atoms with Gasteiger partial charge in [-0.15, -0.1) is 46.2 Å². The Morgan fingerprint density at radius 1 is 0.794 bits per heavy atom. The second-order valence-electron chi connectivity index (χ2n) is 11.1. The molecule has 0 saturated carbocycles. The molecule has 0 radical (unpaired) electrons. The van der Waals surface area contributed by atoms with Crippen LogP contribution < -0.4 is 24.8 Å². The molecule has 0 nitrogen and oxygen atoms in total. The van der Waals surface area contributed by atoms with Crippen molar-refractivity contribution >= 4 is 27.0 Å². The maximum absolute atomic E-state index is 2.99. The predicted octanol–water partition coefficient (Wildman–Crippen LogP) is 2.94. The summed E-state index contributed by atoms with van der Waals surface area (Å²) >= 11 is 1.87. The van der Waals surface area contributed by atoms with Gasteiger partial charge in [0, 0.05) is 0 Å². The van der Waals surface area contributed by atoms with E-state index in [0.717, 1.165) is 6.42 Å². The van der Waals surface area contributed by atoms with E-state index in [1.165, 1.54) is 32.7 Å². The predicted molar refractivity (Wildman–Crippen MR) is 141 cm³/mol. The van der Waals surface area contributed by atoms with Gasteiger partial charge in [0.05, 0.1) is 0 Å². The average Bonchev–Trinajstić information content (AvgIpc) is 3.49. The minimum absolute atomic E-state index is 0. The molecule has 1 fully saturated rings. The number of hydrogen-bond acceptors (Lipinski definition) is 0. The zero-order valence-electron chi connectivity index (χ0n) is 21.6. The molecule has 1 aliphatic carbocycles. The molecule has 182 valence electrons. The molecule has 0 atom stereocenters. The van der Waals surface area contributed by atoms with Crippen LogP contribution in [0.5, 0.6) is 0 Å². The molecule has 0 unspecified atom stereocenters. The standard InChI is InChI=1S/C21H25.C5H5.C4H8Si.2ClH.Zr/c1-20(2,3)16-9-7-14-11-15-8-10-17(21(4,5)6)13-19(15)18(14)12-16;2*1-2-4-5-3-1;;;/h7-13H,1-6H3;1-3H,4H2;1-4H2;2*1H;/q2*-1;;;;+2/p-2. The maximum atomic E-state index is 2.99. The molecule has 34 heavy (non-hydrogen) atoms. The van der Waals surface area contributed by atoms with Crippen molar-refractivity contribution in [3.05, 3.63) is 77.9 Å². The van der Waals surface area contributed by atoms with Crippen LogP contribution >= 0.6 is 0 Å². The van der Waals surface area contributed by atoms with E-state index in [4.69, 9.17) is 0 Å². The van der Waals surface area contributed by atoms with E-state index >= 15 is 0 Å². The summed E-state index contributed by atoms with van der Waals surface area (Å²) in [5.41, 5.74) is 3.53. The van der Waals surface area contributed by atoms with Gasteiger partial charge in [-0.3, -0.25) is 6.08 Å². The summed E-state index contributed by atoms with van der Waals surface area (Å²) < 4.78 is 0. The van der Waals surface area contributed by atoms with Crippen LogP contribution in [0.3, 0.4) is 0 Å². The molecular weight excluding hydrogens is 551 g/mol. The summed E-state index contributed by atoms with van der Waals surface area (Å²) in [6, 6.07) is 19.4. The van der Waals surface area contributed by atoms with Gasteiger partial charge in [0.15, 0.2) is 0 Å². The van der Waals surface area contributed by atoms with Crippen LogP contribution in [0.25, 0.3) is 21.5 Å². The molecule has 0 bridgehead atoms. The quantitative estimate of drug-likeness (QED) is 0.280. The summed E-state index contributed by atoms with van der Waals surface area (Å²) in [7, 11) is 0. The van der Waals surface area contributed by atoms with Crippen molar-refractivity contribution in [1.82, 2.24) is 0 Å². The summed E-state index contributed by atoms with van der Waals surface area (Å²) in [6.07, 6.45) is 13.1. The number of rotatable bonds is 0. The topological polar surface area (TPSA) is 0 Å². The molecule has 1 saturated heterocycles. The van der Waals surface area contributed by atoms with Crippen LogP contribution in [0, 0.1) is 6.08 Å². The van der Waals surface area contributed by atoms with E-state index < -0.39 is 0 Å². The molecule has 2 aliphatic rings. The van der Waals surface area contributed by atoms with Crippen LogP contribution in [0.2, 0.25) is 12.1 Å². The normalized spacial score (nSPS) is 14.8. The second-order valence-corrected chi connectivity index (χ2v) is 18.5. The fourth-order valence-corrected chi connectivity index (χ4v) is 8.28. The van der Waals surface area contributed by atoms with Gasteiger partial charge >= 0.3 is 53.7 Å². The Hall–Kier alpha value is -0.530. The molecule has 5 rings (SSSR count). The van der Waals surface area contributed by atoms with Gasteiger partial charge in [-0.2, -0.15) is 6.08 Å². The second kappa shape index (κ2) is 13.7. The van der Waals surface area contributed by atoms with Crippen molar-refractivity contribution in [3.63, 3.8) is 0 Å². The molecular formula is C30H38Cl2SiZr-2. The van der Waals surface area contributed by atoms with E-state index in [9.17, 15) is 0 Å². The van der Waals surface area contributed by atoms with Crippen molar-refractivity contribution in [2.75, 3.05) is 0 Å². The fourth-order valence-electron chi connectivity index (χ4n) is 4.07. The third-order valence-electron chi connectivity index (χ3n) is 6.23. The van der Waals surface area contributed by atoms with Gasteiger partial charge in [-0.05, 0) is 10.8 Å². The summed E-state index contributed by atoms with van der Waals surface area (Å²) in [4.78, 5) is 0. The molecule has 3 aromatic rings. The third-order valence-corrected chi connectivity index (χ3v) is 11.8. The van der Waals surface area contributed by atoms with E-state index in [1.54, 1.807) is 24.9 Å². The Morgan fingerprint density at radius 3 is 1.53 bits per heavy atom. The van der Waals surface area contributed by atoms with Gasteiger partial charge in [-0.1, -0.05) is 76.9 Å². The van der Waals surface area contributed by atoms with Crippen molar-refractivity contribution in [2.24, 2.45) is 0 Å². The van der Waals surface area contributed by atoms with Crippen LogP contribution in [0.4, 0.5) is 0 Å². The Morgan fingerprint density at radius 2 is 1.26 bits per heavy atom. The van der Waals surface area contributed by atoms with Gasteiger partial charge in [0.1, 0.15) is 0 Å². The van der Waals surface area contributed by atoms with Crippen molar-refractivity contribution in [2.45, 2.75) is 83.7 Å². The third kappa shape index (κ3) is 8.85. The number of hydrogen-bond donors (Lipinski definition) is 0. The van der Waals surface area contributed by atoms with Gasteiger partial charge < -0.3 is 24.8 Å². The first-order valence-electron chi connectivity index (χ1n) is 12.0. The summed E-state index contributed by atoms with van der Waals surface area (Å²) in [6.45, 7) is 13.7. The molecule has 1 aliphatic heterocycles. The summed E-state index contributed by atoms with van der Waals surface area (Å²) in [5, 5.41) is 5.49.